The fraction of sp³-hybridized carbons (Fsp3) is 0.273. The van der Waals surface area contributed by atoms with Gasteiger partial charge in [-0.1, -0.05) is 12.2 Å². The SMILES string of the molecule is NCC/C=C/c1cc2c(cc1[N+](=O)[O-])OCO2. The summed E-state index contributed by atoms with van der Waals surface area (Å²) in [5.74, 6) is 0.940. The average Bonchev–Trinajstić information content (AvgIpc) is 2.75. The lowest BCUT2D eigenvalue weighted by Gasteiger charge is -2.00. The highest BCUT2D eigenvalue weighted by Gasteiger charge is 2.21. The van der Waals surface area contributed by atoms with Crippen LogP contribution in [0.1, 0.15) is 12.0 Å². The van der Waals surface area contributed by atoms with Gasteiger partial charge < -0.3 is 15.2 Å². The van der Waals surface area contributed by atoms with E-state index in [0.717, 1.165) is 0 Å². The van der Waals surface area contributed by atoms with Gasteiger partial charge in [0, 0.05) is 0 Å². The van der Waals surface area contributed by atoms with Crippen LogP contribution in [0.15, 0.2) is 18.2 Å². The lowest BCUT2D eigenvalue weighted by Crippen LogP contribution is -1.95. The zero-order valence-electron chi connectivity index (χ0n) is 9.09. The van der Waals surface area contributed by atoms with E-state index in [-0.39, 0.29) is 12.5 Å². The minimum absolute atomic E-state index is 0.00233. The summed E-state index contributed by atoms with van der Waals surface area (Å²) in [5, 5.41) is 10.9. The lowest BCUT2D eigenvalue weighted by molar-refractivity contribution is -0.385. The second-order valence-corrected chi connectivity index (χ2v) is 3.50. The Labute approximate surface area is 97.8 Å². The molecule has 0 radical (unpaired) electrons. The van der Waals surface area contributed by atoms with Gasteiger partial charge in [0.05, 0.1) is 16.6 Å². The van der Waals surface area contributed by atoms with Gasteiger partial charge in [-0.25, -0.2) is 0 Å². The second kappa shape index (κ2) is 4.84. The molecule has 90 valence electrons. The number of hydrogen-bond donors (Lipinski definition) is 1. The van der Waals surface area contributed by atoms with Gasteiger partial charge in [-0.3, -0.25) is 10.1 Å². The minimum Gasteiger partial charge on any atom is -0.454 e. The molecule has 0 aliphatic carbocycles. The zero-order valence-corrected chi connectivity index (χ0v) is 9.09. The molecule has 17 heavy (non-hydrogen) atoms. The molecule has 0 saturated carbocycles. The van der Waals surface area contributed by atoms with E-state index in [4.69, 9.17) is 15.2 Å². The van der Waals surface area contributed by atoms with Crippen molar-refractivity contribution in [3.63, 3.8) is 0 Å². The van der Waals surface area contributed by atoms with Crippen molar-refractivity contribution < 1.29 is 14.4 Å². The van der Waals surface area contributed by atoms with Gasteiger partial charge in [0.15, 0.2) is 11.5 Å². The molecule has 6 nitrogen and oxygen atoms in total. The number of benzene rings is 1. The van der Waals surface area contributed by atoms with Crippen LogP contribution < -0.4 is 15.2 Å². The number of nitro benzene ring substituents is 1. The maximum absolute atomic E-state index is 10.9. The Morgan fingerprint density at radius 1 is 1.41 bits per heavy atom. The van der Waals surface area contributed by atoms with Crippen LogP contribution in [0.3, 0.4) is 0 Å². The van der Waals surface area contributed by atoms with Crippen molar-refractivity contribution in [2.75, 3.05) is 13.3 Å². The normalized spacial score (nSPS) is 13.2. The fourth-order valence-corrected chi connectivity index (χ4v) is 1.55. The summed E-state index contributed by atoms with van der Waals surface area (Å²) in [4.78, 5) is 10.5. The highest BCUT2D eigenvalue weighted by atomic mass is 16.7. The molecule has 1 aromatic rings. The van der Waals surface area contributed by atoms with Crippen molar-refractivity contribution in [1.29, 1.82) is 0 Å². The van der Waals surface area contributed by atoms with Crippen molar-refractivity contribution in [1.82, 2.24) is 0 Å². The van der Waals surface area contributed by atoms with Gasteiger partial charge >= 0.3 is 0 Å². The molecule has 1 heterocycles. The summed E-state index contributed by atoms with van der Waals surface area (Å²) in [6.45, 7) is 0.608. The summed E-state index contributed by atoms with van der Waals surface area (Å²) >= 11 is 0. The van der Waals surface area contributed by atoms with E-state index in [1.54, 1.807) is 18.2 Å². The summed E-state index contributed by atoms with van der Waals surface area (Å²) in [6, 6.07) is 2.98. The first-order chi connectivity index (χ1) is 8.22. The molecule has 1 aliphatic rings. The van der Waals surface area contributed by atoms with Crippen LogP contribution >= 0.6 is 0 Å². The third-order valence-electron chi connectivity index (χ3n) is 2.35. The Kier molecular flexibility index (Phi) is 3.24. The molecule has 0 spiro atoms. The monoisotopic (exact) mass is 236 g/mol. The third-order valence-corrected chi connectivity index (χ3v) is 2.35. The Morgan fingerprint density at radius 3 is 2.76 bits per heavy atom. The Bertz CT molecular complexity index is 471. The highest BCUT2D eigenvalue weighted by molar-refractivity contribution is 5.67. The van der Waals surface area contributed by atoms with Crippen molar-refractivity contribution >= 4 is 11.8 Å². The molecule has 0 bridgehead atoms. The number of fused-ring (bicyclic) bond motifs is 1. The van der Waals surface area contributed by atoms with E-state index < -0.39 is 4.92 Å². The Balaban J connectivity index is 2.38. The van der Waals surface area contributed by atoms with Gasteiger partial charge in [-0.2, -0.15) is 0 Å². The van der Waals surface area contributed by atoms with Crippen LogP contribution in [0.25, 0.3) is 6.08 Å². The van der Waals surface area contributed by atoms with Gasteiger partial charge in [0.1, 0.15) is 0 Å². The van der Waals surface area contributed by atoms with Crippen molar-refractivity contribution in [3.05, 3.63) is 33.9 Å². The predicted octanol–water partition coefficient (Wildman–Crippen LogP) is 1.69. The molecule has 6 heteroatoms. The number of rotatable bonds is 4. The quantitative estimate of drug-likeness (QED) is 0.634. The number of nitro groups is 1. The van der Waals surface area contributed by atoms with E-state index in [1.807, 2.05) is 0 Å². The molecule has 0 saturated heterocycles. The molecule has 1 aliphatic heterocycles. The maximum atomic E-state index is 10.9. The van der Waals surface area contributed by atoms with E-state index in [1.165, 1.54) is 6.07 Å². The first kappa shape index (κ1) is 11.4. The molecule has 1 aromatic carbocycles. The smallest absolute Gasteiger partial charge is 0.280 e. The van der Waals surface area contributed by atoms with E-state index in [0.29, 0.717) is 30.0 Å². The van der Waals surface area contributed by atoms with E-state index in [9.17, 15) is 10.1 Å². The van der Waals surface area contributed by atoms with Crippen molar-refractivity contribution in [2.24, 2.45) is 5.73 Å². The second-order valence-electron chi connectivity index (χ2n) is 3.50. The summed E-state index contributed by atoms with van der Waals surface area (Å²) in [7, 11) is 0. The van der Waals surface area contributed by atoms with Gasteiger partial charge in [0.2, 0.25) is 6.79 Å². The highest BCUT2D eigenvalue weighted by Crippen LogP contribution is 2.38. The molecule has 0 fully saturated rings. The van der Waals surface area contributed by atoms with Crippen LogP contribution in [0.5, 0.6) is 11.5 Å². The summed E-state index contributed by atoms with van der Waals surface area (Å²) in [6.07, 6.45) is 4.14. The Morgan fingerprint density at radius 2 is 2.12 bits per heavy atom. The first-order valence-corrected chi connectivity index (χ1v) is 5.17. The average molecular weight is 236 g/mol. The Hall–Kier alpha value is -2.08. The molecule has 0 unspecified atom stereocenters. The molecule has 2 rings (SSSR count). The van der Waals surface area contributed by atoms with Gasteiger partial charge in [0.25, 0.3) is 5.69 Å². The van der Waals surface area contributed by atoms with Crippen molar-refractivity contribution in [3.8, 4) is 11.5 Å². The van der Waals surface area contributed by atoms with Gasteiger partial charge in [-0.15, -0.1) is 0 Å². The maximum Gasteiger partial charge on any atom is 0.280 e. The fourth-order valence-electron chi connectivity index (χ4n) is 1.55. The van der Waals surface area contributed by atoms with Gasteiger partial charge in [-0.05, 0) is 19.0 Å². The largest absolute Gasteiger partial charge is 0.454 e. The van der Waals surface area contributed by atoms with Crippen LogP contribution in [-0.2, 0) is 0 Å². The van der Waals surface area contributed by atoms with Crippen molar-refractivity contribution in [2.45, 2.75) is 6.42 Å². The standard InChI is InChI=1S/C11H12N2O4/c12-4-2-1-3-8-5-10-11(17-7-16-10)6-9(8)13(14)15/h1,3,5-6H,2,4,7,12H2/b3-1+. The molecule has 0 amide bonds. The molecular formula is C11H12N2O4. The lowest BCUT2D eigenvalue weighted by atomic mass is 10.1. The topological polar surface area (TPSA) is 87.6 Å². The number of hydrogen-bond acceptors (Lipinski definition) is 5. The first-order valence-electron chi connectivity index (χ1n) is 5.17. The number of nitrogens with two attached hydrogens (primary N) is 1. The molecule has 0 aromatic heterocycles. The van der Waals surface area contributed by atoms with E-state index in [2.05, 4.69) is 0 Å². The summed E-state index contributed by atoms with van der Waals surface area (Å²) in [5.41, 5.74) is 5.85. The van der Waals surface area contributed by atoms with E-state index >= 15 is 0 Å². The summed E-state index contributed by atoms with van der Waals surface area (Å²) < 4.78 is 10.3. The molecule has 0 atom stereocenters. The number of nitrogens with zero attached hydrogens (tertiary/aromatic N) is 1. The zero-order chi connectivity index (χ0) is 12.3. The predicted molar refractivity (Wildman–Crippen MR) is 61.9 cm³/mol. The minimum atomic E-state index is -0.440. The third kappa shape index (κ3) is 2.36. The number of ether oxygens (including phenoxy) is 2. The van der Waals surface area contributed by atoms with Crippen LogP contribution in [0, 0.1) is 10.1 Å². The molecular weight excluding hydrogens is 224 g/mol. The van der Waals surface area contributed by atoms with Crippen LogP contribution in [0.4, 0.5) is 5.69 Å². The molecule has 2 N–H and O–H groups in total. The van der Waals surface area contributed by atoms with Crippen LogP contribution in [-0.4, -0.2) is 18.3 Å². The van der Waals surface area contributed by atoms with Crippen LogP contribution in [0.2, 0.25) is 0 Å².